The molecule has 14 heavy (non-hydrogen) atoms. The molecule has 0 aromatic carbocycles. The molecule has 0 saturated carbocycles. The molecule has 1 saturated heterocycles. The van der Waals surface area contributed by atoms with Crippen LogP contribution in [0.2, 0.25) is 0 Å². The summed E-state index contributed by atoms with van der Waals surface area (Å²) in [4.78, 5) is 0. The lowest BCUT2D eigenvalue weighted by atomic mass is 9.95. The Morgan fingerprint density at radius 1 is 1.43 bits per heavy atom. The van der Waals surface area contributed by atoms with E-state index in [0.717, 1.165) is 25.9 Å². The highest BCUT2D eigenvalue weighted by Crippen LogP contribution is 2.22. The average molecular weight is 221 g/mol. The lowest BCUT2D eigenvalue weighted by Gasteiger charge is -2.27. The van der Waals surface area contributed by atoms with Gasteiger partial charge in [0.15, 0.2) is 9.84 Å². The highest BCUT2D eigenvalue weighted by molar-refractivity contribution is 7.91. The molecular formula is C9H19NO3S. The summed E-state index contributed by atoms with van der Waals surface area (Å²) in [5.74, 6) is 0.134. The molecule has 0 aromatic heterocycles. The number of ether oxygens (including phenoxy) is 1. The van der Waals surface area contributed by atoms with Crippen molar-refractivity contribution >= 4 is 9.84 Å². The van der Waals surface area contributed by atoms with Crippen molar-refractivity contribution < 1.29 is 13.2 Å². The van der Waals surface area contributed by atoms with Gasteiger partial charge in [-0.2, -0.15) is 0 Å². The van der Waals surface area contributed by atoms with Crippen molar-refractivity contribution in [2.45, 2.75) is 25.0 Å². The average Bonchev–Trinajstić information content (AvgIpc) is 2.18. The predicted octanol–water partition coefficient (Wildman–Crippen LogP) is 0.393. The third kappa shape index (κ3) is 2.93. The Bertz CT molecular complexity index is 257. The van der Waals surface area contributed by atoms with Crippen LogP contribution in [0.3, 0.4) is 0 Å². The molecule has 1 N–H and O–H groups in total. The van der Waals surface area contributed by atoms with Gasteiger partial charge in [0.1, 0.15) is 5.94 Å². The fraction of sp³-hybridized carbons (Fsp3) is 1.00. The Hall–Kier alpha value is -0.130. The van der Waals surface area contributed by atoms with Gasteiger partial charge in [-0.1, -0.05) is 0 Å². The first-order valence-corrected chi connectivity index (χ1v) is 6.70. The van der Waals surface area contributed by atoms with Crippen LogP contribution in [0.4, 0.5) is 0 Å². The first-order chi connectivity index (χ1) is 6.58. The van der Waals surface area contributed by atoms with E-state index in [2.05, 4.69) is 5.32 Å². The molecule has 1 unspecified atom stereocenters. The van der Waals surface area contributed by atoms with E-state index in [1.807, 2.05) is 0 Å². The van der Waals surface area contributed by atoms with Crippen LogP contribution in [-0.4, -0.2) is 39.8 Å². The second-order valence-corrected chi connectivity index (χ2v) is 6.17. The van der Waals surface area contributed by atoms with Crippen LogP contribution in [0.1, 0.15) is 19.8 Å². The van der Waals surface area contributed by atoms with Crippen molar-refractivity contribution in [1.82, 2.24) is 5.32 Å². The van der Waals surface area contributed by atoms with Crippen molar-refractivity contribution in [3.8, 4) is 0 Å². The van der Waals surface area contributed by atoms with Gasteiger partial charge in [0.05, 0.1) is 5.25 Å². The molecule has 5 heteroatoms. The minimum absolute atomic E-state index is 0.155. The molecule has 0 bridgehead atoms. The molecule has 1 aliphatic heterocycles. The van der Waals surface area contributed by atoms with E-state index < -0.39 is 9.84 Å². The van der Waals surface area contributed by atoms with Crippen LogP contribution < -0.4 is 5.32 Å². The quantitative estimate of drug-likeness (QED) is 0.746. The summed E-state index contributed by atoms with van der Waals surface area (Å²) in [5.41, 5.74) is 0. The van der Waals surface area contributed by atoms with E-state index in [1.165, 1.54) is 7.11 Å². The monoisotopic (exact) mass is 221 g/mol. The van der Waals surface area contributed by atoms with Gasteiger partial charge < -0.3 is 10.1 Å². The number of methoxy groups -OCH3 is 1. The summed E-state index contributed by atoms with van der Waals surface area (Å²) in [6.45, 7) is 3.65. The molecule has 84 valence electrons. The second kappa shape index (κ2) is 5.09. The zero-order valence-electron chi connectivity index (χ0n) is 8.82. The molecule has 0 aliphatic carbocycles. The van der Waals surface area contributed by atoms with E-state index >= 15 is 0 Å². The van der Waals surface area contributed by atoms with Crippen LogP contribution in [0.15, 0.2) is 0 Å². The Labute approximate surface area is 85.9 Å². The smallest absolute Gasteiger partial charge is 0.177 e. The van der Waals surface area contributed by atoms with Crippen molar-refractivity contribution in [2.75, 3.05) is 26.1 Å². The topological polar surface area (TPSA) is 55.4 Å². The number of rotatable bonds is 4. The Balaban J connectivity index is 2.58. The fourth-order valence-corrected chi connectivity index (χ4v) is 3.28. The van der Waals surface area contributed by atoms with Crippen molar-refractivity contribution in [2.24, 2.45) is 5.92 Å². The van der Waals surface area contributed by atoms with Gasteiger partial charge in [0.2, 0.25) is 0 Å². The summed E-state index contributed by atoms with van der Waals surface area (Å²) < 4.78 is 28.1. The summed E-state index contributed by atoms with van der Waals surface area (Å²) in [5, 5.41) is 2.95. The number of hydrogen-bond donors (Lipinski definition) is 1. The molecule has 1 aliphatic rings. The maximum absolute atomic E-state index is 11.7. The summed E-state index contributed by atoms with van der Waals surface area (Å²) >= 11 is 0. The van der Waals surface area contributed by atoms with E-state index in [4.69, 9.17) is 4.74 Å². The maximum atomic E-state index is 11.7. The standard InChI is InChI=1S/C9H19NO3S/c1-8(14(11,12)7-13-2)9-3-5-10-6-4-9/h8-10H,3-7H2,1-2H3. The van der Waals surface area contributed by atoms with E-state index in [-0.39, 0.29) is 17.1 Å². The van der Waals surface area contributed by atoms with Crippen molar-refractivity contribution in [1.29, 1.82) is 0 Å². The van der Waals surface area contributed by atoms with E-state index in [9.17, 15) is 8.42 Å². The second-order valence-electron chi connectivity index (χ2n) is 3.86. The Kier molecular flexibility index (Phi) is 4.34. The molecule has 1 rings (SSSR count). The zero-order chi connectivity index (χ0) is 10.6. The highest BCUT2D eigenvalue weighted by atomic mass is 32.2. The minimum Gasteiger partial charge on any atom is -0.369 e. The van der Waals surface area contributed by atoms with Gasteiger partial charge in [-0.3, -0.25) is 0 Å². The van der Waals surface area contributed by atoms with Crippen molar-refractivity contribution in [3.63, 3.8) is 0 Å². The fourth-order valence-electron chi connectivity index (χ4n) is 1.88. The molecular weight excluding hydrogens is 202 g/mol. The van der Waals surface area contributed by atoms with Gasteiger partial charge in [0.25, 0.3) is 0 Å². The first-order valence-electron chi connectivity index (χ1n) is 4.99. The minimum atomic E-state index is -3.06. The third-order valence-corrected chi connectivity index (χ3v) is 4.98. The number of piperidine rings is 1. The van der Waals surface area contributed by atoms with Crippen LogP contribution >= 0.6 is 0 Å². The summed E-state index contributed by atoms with van der Waals surface area (Å²) in [6.07, 6.45) is 1.90. The van der Waals surface area contributed by atoms with Crippen molar-refractivity contribution in [3.05, 3.63) is 0 Å². The SMILES string of the molecule is COCS(=O)(=O)C(C)C1CCNCC1. The summed E-state index contributed by atoms with van der Waals surface area (Å²) in [7, 11) is -1.64. The predicted molar refractivity (Wildman–Crippen MR) is 55.9 cm³/mol. The lowest BCUT2D eigenvalue weighted by Crippen LogP contribution is -2.37. The molecule has 0 spiro atoms. The Morgan fingerprint density at radius 3 is 2.50 bits per heavy atom. The molecule has 1 heterocycles. The molecule has 0 aromatic rings. The lowest BCUT2D eigenvalue weighted by molar-refractivity contribution is 0.246. The number of sulfone groups is 1. The van der Waals surface area contributed by atoms with Gasteiger partial charge in [-0.05, 0) is 38.8 Å². The number of nitrogens with one attached hydrogen (secondary N) is 1. The van der Waals surface area contributed by atoms with Gasteiger partial charge in [-0.15, -0.1) is 0 Å². The van der Waals surface area contributed by atoms with Gasteiger partial charge in [0, 0.05) is 7.11 Å². The first kappa shape index (κ1) is 11.9. The number of hydrogen-bond acceptors (Lipinski definition) is 4. The molecule has 0 radical (unpaired) electrons. The Morgan fingerprint density at radius 2 is 2.00 bits per heavy atom. The van der Waals surface area contributed by atoms with E-state index in [0.29, 0.717) is 0 Å². The highest BCUT2D eigenvalue weighted by Gasteiger charge is 2.29. The molecule has 0 amide bonds. The molecule has 1 fully saturated rings. The third-order valence-electron chi connectivity index (χ3n) is 2.90. The zero-order valence-corrected chi connectivity index (χ0v) is 9.64. The van der Waals surface area contributed by atoms with Gasteiger partial charge >= 0.3 is 0 Å². The summed E-state index contributed by atoms with van der Waals surface area (Å²) in [6, 6.07) is 0. The molecule has 4 nitrogen and oxygen atoms in total. The normalized spacial score (nSPS) is 22.1. The van der Waals surface area contributed by atoms with Crippen LogP contribution in [0.5, 0.6) is 0 Å². The molecule has 1 atom stereocenters. The van der Waals surface area contributed by atoms with Gasteiger partial charge in [-0.25, -0.2) is 8.42 Å². The largest absolute Gasteiger partial charge is 0.369 e. The maximum Gasteiger partial charge on any atom is 0.177 e. The van der Waals surface area contributed by atoms with Crippen LogP contribution in [-0.2, 0) is 14.6 Å². The van der Waals surface area contributed by atoms with Crippen LogP contribution in [0, 0.1) is 5.92 Å². The van der Waals surface area contributed by atoms with Crippen LogP contribution in [0.25, 0.3) is 0 Å². The van der Waals surface area contributed by atoms with E-state index in [1.54, 1.807) is 6.92 Å².